The Labute approximate surface area is 142 Å². The molecule has 0 fully saturated rings. The second-order valence-corrected chi connectivity index (χ2v) is 5.48. The molecule has 0 unspecified atom stereocenters. The van der Waals surface area contributed by atoms with Crippen molar-refractivity contribution in [3.8, 4) is 5.69 Å². The van der Waals surface area contributed by atoms with Crippen molar-refractivity contribution in [2.45, 2.75) is 6.42 Å². The number of nitrogens with zero attached hydrogens (tertiary/aromatic N) is 5. The molecule has 0 radical (unpaired) electrons. The Hall–Kier alpha value is -3.55. The average Bonchev–Trinajstić information content (AvgIpc) is 3.31. The highest BCUT2D eigenvalue weighted by Gasteiger charge is 2.10. The molecule has 0 saturated carbocycles. The van der Waals surface area contributed by atoms with Crippen molar-refractivity contribution in [3.63, 3.8) is 0 Å². The fourth-order valence-corrected chi connectivity index (χ4v) is 2.55. The van der Waals surface area contributed by atoms with Crippen molar-refractivity contribution >= 4 is 17.1 Å². The highest BCUT2D eigenvalue weighted by atomic mass is 16.1. The number of carbonyl (C=O) groups is 1. The van der Waals surface area contributed by atoms with E-state index in [0.717, 1.165) is 11.4 Å². The van der Waals surface area contributed by atoms with E-state index in [0.29, 0.717) is 29.7 Å². The van der Waals surface area contributed by atoms with Crippen molar-refractivity contribution in [1.29, 1.82) is 0 Å². The Balaban J connectivity index is 1.52. The van der Waals surface area contributed by atoms with Crippen molar-refractivity contribution in [1.82, 2.24) is 35.3 Å². The van der Waals surface area contributed by atoms with E-state index >= 15 is 0 Å². The molecule has 0 aliphatic rings. The third kappa shape index (κ3) is 3.09. The number of imidazole rings is 1. The third-order valence-electron chi connectivity index (χ3n) is 3.80. The van der Waals surface area contributed by atoms with Gasteiger partial charge in [0.15, 0.2) is 5.65 Å². The number of H-pyrrole nitrogens is 1. The van der Waals surface area contributed by atoms with Gasteiger partial charge in [-0.2, -0.15) is 4.68 Å². The van der Waals surface area contributed by atoms with Crippen LogP contribution in [0.15, 0.2) is 55.1 Å². The third-order valence-corrected chi connectivity index (χ3v) is 3.80. The molecule has 124 valence electrons. The number of benzene rings is 1. The lowest BCUT2D eigenvalue weighted by atomic mass is 10.2. The Kier molecular flexibility index (Phi) is 3.91. The molecule has 25 heavy (non-hydrogen) atoms. The molecule has 4 aromatic rings. The molecule has 8 heteroatoms. The monoisotopic (exact) mass is 333 g/mol. The molecule has 2 N–H and O–H groups in total. The first-order chi connectivity index (χ1) is 12.3. The number of pyridine rings is 1. The zero-order valence-electron chi connectivity index (χ0n) is 13.3. The van der Waals surface area contributed by atoms with Crippen LogP contribution in [0.3, 0.4) is 0 Å². The minimum atomic E-state index is -0.140. The first kappa shape index (κ1) is 15.0. The van der Waals surface area contributed by atoms with Crippen LogP contribution in [0.2, 0.25) is 0 Å². The molecule has 0 aliphatic heterocycles. The van der Waals surface area contributed by atoms with Gasteiger partial charge >= 0.3 is 0 Å². The van der Waals surface area contributed by atoms with Crippen LogP contribution in [0.1, 0.15) is 16.1 Å². The summed E-state index contributed by atoms with van der Waals surface area (Å²) < 4.78 is 1.62. The van der Waals surface area contributed by atoms with Crippen LogP contribution in [0.25, 0.3) is 16.9 Å². The molecule has 0 spiro atoms. The molecule has 1 aromatic carbocycles. The van der Waals surface area contributed by atoms with Crippen LogP contribution in [0, 0.1) is 0 Å². The SMILES string of the molecule is O=C(NCCc1cnc[nH]1)c1cccc(-n2nnc3cccnc32)c1. The fraction of sp³-hybridized carbons (Fsp3) is 0.118. The van der Waals surface area contributed by atoms with E-state index in [4.69, 9.17) is 0 Å². The summed E-state index contributed by atoms with van der Waals surface area (Å²) in [4.78, 5) is 23.6. The van der Waals surface area contributed by atoms with Crippen LogP contribution >= 0.6 is 0 Å². The van der Waals surface area contributed by atoms with Gasteiger partial charge in [-0.05, 0) is 30.3 Å². The highest BCUT2D eigenvalue weighted by Crippen LogP contribution is 2.15. The molecule has 0 atom stereocenters. The lowest BCUT2D eigenvalue weighted by Crippen LogP contribution is -2.25. The minimum absolute atomic E-state index is 0.140. The topological polar surface area (TPSA) is 101 Å². The number of carbonyl (C=O) groups excluding carboxylic acids is 1. The van der Waals surface area contributed by atoms with Gasteiger partial charge in [0.05, 0.1) is 12.0 Å². The molecular formula is C17H15N7O. The largest absolute Gasteiger partial charge is 0.352 e. The smallest absolute Gasteiger partial charge is 0.251 e. The van der Waals surface area contributed by atoms with E-state index in [9.17, 15) is 4.79 Å². The van der Waals surface area contributed by atoms with Gasteiger partial charge in [0.25, 0.3) is 5.91 Å². The van der Waals surface area contributed by atoms with Gasteiger partial charge in [0.1, 0.15) is 5.52 Å². The van der Waals surface area contributed by atoms with Crippen molar-refractivity contribution in [2.24, 2.45) is 0 Å². The number of fused-ring (bicyclic) bond motifs is 1. The van der Waals surface area contributed by atoms with E-state index in [1.54, 1.807) is 35.5 Å². The highest BCUT2D eigenvalue weighted by molar-refractivity contribution is 5.94. The second-order valence-electron chi connectivity index (χ2n) is 5.48. The van der Waals surface area contributed by atoms with Gasteiger partial charge in [-0.25, -0.2) is 9.97 Å². The van der Waals surface area contributed by atoms with Crippen LogP contribution in [0.5, 0.6) is 0 Å². The molecule has 4 rings (SSSR count). The maximum atomic E-state index is 12.4. The van der Waals surface area contributed by atoms with Gasteiger partial charge in [-0.1, -0.05) is 11.3 Å². The van der Waals surface area contributed by atoms with Gasteiger partial charge in [-0.3, -0.25) is 4.79 Å². The first-order valence-electron chi connectivity index (χ1n) is 7.83. The number of rotatable bonds is 5. The number of aromatic amines is 1. The van der Waals surface area contributed by atoms with Crippen molar-refractivity contribution in [3.05, 3.63) is 66.4 Å². The van der Waals surface area contributed by atoms with Gasteiger partial charge in [0.2, 0.25) is 0 Å². The van der Waals surface area contributed by atoms with Crippen molar-refractivity contribution in [2.75, 3.05) is 6.54 Å². The van der Waals surface area contributed by atoms with E-state index in [2.05, 4.69) is 30.6 Å². The van der Waals surface area contributed by atoms with E-state index in [1.807, 2.05) is 24.3 Å². The Morgan fingerprint density at radius 2 is 2.20 bits per heavy atom. The van der Waals surface area contributed by atoms with Gasteiger partial charge in [-0.15, -0.1) is 5.10 Å². The lowest BCUT2D eigenvalue weighted by Gasteiger charge is -2.07. The summed E-state index contributed by atoms with van der Waals surface area (Å²) in [5, 5.41) is 11.1. The Morgan fingerprint density at radius 1 is 1.24 bits per heavy atom. The standard InChI is InChI=1S/C17H15N7O/c25-17(20-8-6-13-10-18-11-21-13)12-3-1-4-14(9-12)24-16-15(22-23-24)5-2-7-19-16/h1-5,7,9-11H,6,8H2,(H,18,21)(H,20,25). The second kappa shape index (κ2) is 6.52. The number of aromatic nitrogens is 6. The predicted molar refractivity (Wildman–Crippen MR) is 91.3 cm³/mol. The number of nitrogens with one attached hydrogen (secondary N) is 2. The molecule has 0 aliphatic carbocycles. The average molecular weight is 333 g/mol. The molecule has 3 aromatic heterocycles. The first-order valence-corrected chi connectivity index (χ1v) is 7.83. The molecular weight excluding hydrogens is 318 g/mol. The number of amides is 1. The molecule has 8 nitrogen and oxygen atoms in total. The molecule has 0 saturated heterocycles. The van der Waals surface area contributed by atoms with Crippen molar-refractivity contribution < 1.29 is 4.79 Å². The number of hydrogen-bond donors (Lipinski definition) is 2. The number of hydrogen-bond acceptors (Lipinski definition) is 5. The summed E-state index contributed by atoms with van der Waals surface area (Å²) in [5.41, 5.74) is 3.63. The van der Waals surface area contributed by atoms with Crippen LogP contribution in [-0.2, 0) is 6.42 Å². The maximum Gasteiger partial charge on any atom is 0.251 e. The summed E-state index contributed by atoms with van der Waals surface area (Å²) in [5.74, 6) is -0.140. The van der Waals surface area contributed by atoms with Crippen LogP contribution < -0.4 is 5.32 Å². The molecule has 1 amide bonds. The summed E-state index contributed by atoms with van der Waals surface area (Å²) in [6, 6.07) is 10.9. The van der Waals surface area contributed by atoms with Gasteiger partial charge < -0.3 is 10.3 Å². The summed E-state index contributed by atoms with van der Waals surface area (Å²) in [6.07, 6.45) is 5.75. The zero-order valence-corrected chi connectivity index (χ0v) is 13.3. The summed E-state index contributed by atoms with van der Waals surface area (Å²) in [7, 11) is 0. The van der Waals surface area contributed by atoms with Crippen LogP contribution in [-0.4, -0.2) is 42.4 Å². The Morgan fingerprint density at radius 3 is 3.08 bits per heavy atom. The predicted octanol–water partition coefficient (Wildman–Crippen LogP) is 1.51. The molecule has 3 heterocycles. The quantitative estimate of drug-likeness (QED) is 0.576. The fourth-order valence-electron chi connectivity index (χ4n) is 2.55. The van der Waals surface area contributed by atoms with Gasteiger partial charge in [0, 0.05) is 36.6 Å². The van der Waals surface area contributed by atoms with Crippen LogP contribution in [0.4, 0.5) is 0 Å². The minimum Gasteiger partial charge on any atom is -0.352 e. The maximum absolute atomic E-state index is 12.4. The lowest BCUT2D eigenvalue weighted by molar-refractivity contribution is 0.0954. The normalized spacial score (nSPS) is 10.9. The molecule has 0 bridgehead atoms. The van der Waals surface area contributed by atoms with E-state index < -0.39 is 0 Å². The summed E-state index contributed by atoms with van der Waals surface area (Å²) in [6.45, 7) is 0.527. The zero-order chi connectivity index (χ0) is 17.1. The van der Waals surface area contributed by atoms with E-state index in [-0.39, 0.29) is 5.91 Å². The van der Waals surface area contributed by atoms with E-state index in [1.165, 1.54) is 0 Å². The Bertz CT molecular complexity index is 1010. The summed E-state index contributed by atoms with van der Waals surface area (Å²) >= 11 is 0.